The molecule has 0 bridgehead atoms. The molecule has 1 aromatic carbocycles. The van der Waals surface area contributed by atoms with Crippen molar-refractivity contribution in [2.24, 2.45) is 11.7 Å². The first-order valence-corrected chi connectivity index (χ1v) is 13.9. The lowest BCUT2D eigenvalue weighted by Crippen LogP contribution is -2.24. The fourth-order valence-corrected chi connectivity index (χ4v) is 5.35. The summed E-state index contributed by atoms with van der Waals surface area (Å²) >= 11 is 0. The van der Waals surface area contributed by atoms with Gasteiger partial charge in [0.25, 0.3) is 5.91 Å². The molecule has 0 unspecified atom stereocenters. The van der Waals surface area contributed by atoms with Crippen LogP contribution in [0.25, 0.3) is 16.9 Å². The first-order valence-electron chi connectivity index (χ1n) is 13.9. The minimum atomic E-state index is -1.20. The number of halogens is 2. The fourth-order valence-electron chi connectivity index (χ4n) is 5.35. The van der Waals surface area contributed by atoms with Crippen molar-refractivity contribution < 1.29 is 32.7 Å². The number of pyridine rings is 2. The van der Waals surface area contributed by atoms with Gasteiger partial charge in [0.2, 0.25) is 11.8 Å². The second-order valence-electron chi connectivity index (χ2n) is 10.4. The highest BCUT2D eigenvalue weighted by molar-refractivity contribution is 5.96. The molecule has 5 rings (SSSR count). The van der Waals surface area contributed by atoms with Crippen LogP contribution in [0.5, 0.6) is 5.88 Å². The maximum Gasteiger partial charge on any atom is 0.254 e. The molecular formula is C31H32F2N6O5. The second kappa shape index (κ2) is 13.4. The maximum atomic E-state index is 14.1. The van der Waals surface area contributed by atoms with Gasteiger partial charge in [0.1, 0.15) is 17.5 Å². The number of ether oxygens (including phenoxy) is 2. The van der Waals surface area contributed by atoms with Crippen molar-refractivity contribution in [3.8, 4) is 22.8 Å². The van der Waals surface area contributed by atoms with Gasteiger partial charge in [0.15, 0.2) is 5.82 Å². The van der Waals surface area contributed by atoms with E-state index in [0.717, 1.165) is 17.3 Å². The van der Waals surface area contributed by atoms with Gasteiger partial charge >= 0.3 is 0 Å². The molecular weight excluding hydrogens is 574 g/mol. The van der Waals surface area contributed by atoms with Crippen molar-refractivity contribution in [1.29, 1.82) is 0 Å². The van der Waals surface area contributed by atoms with Gasteiger partial charge in [0.05, 0.1) is 30.8 Å². The third-order valence-electron chi connectivity index (χ3n) is 7.50. The Morgan fingerprint density at radius 1 is 1.11 bits per heavy atom. The minimum Gasteiger partial charge on any atom is -0.480 e. The standard InChI is InChI=1S/C31H32F2N6O5/c1-18-26(14-23(40)11-21-17-38(9-10-42-2)44-28(21)20-13-25(32)29(33)35-16-20)39(22-7-5-4-6-8-22)37-27(18)19-12-24(30(34)41)31(43-3)36-15-19/h4-8,12-13,15-16,21,28H,9-11,14,17H2,1-3H3,(H2,34,41)/t21-,28+/m1/s1. The number of rotatable bonds is 12. The number of hydroxylamine groups is 2. The Labute approximate surface area is 252 Å². The normalized spacial score (nSPS) is 16.8. The third kappa shape index (κ3) is 6.49. The van der Waals surface area contributed by atoms with Gasteiger partial charge in [0, 0.05) is 62.5 Å². The van der Waals surface area contributed by atoms with Crippen LogP contribution in [0.1, 0.15) is 39.7 Å². The van der Waals surface area contributed by atoms with E-state index >= 15 is 0 Å². The predicted molar refractivity (Wildman–Crippen MR) is 155 cm³/mol. The number of Topliss-reactive ketones (excluding diaryl/α,β-unsaturated/α-hetero) is 1. The number of methoxy groups -OCH3 is 2. The number of aromatic nitrogens is 4. The molecule has 3 aromatic heterocycles. The van der Waals surface area contributed by atoms with E-state index in [1.807, 2.05) is 37.3 Å². The number of para-hydroxylation sites is 1. The highest BCUT2D eigenvalue weighted by Crippen LogP contribution is 2.37. The molecule has 0 radical (unpaired) electrons. The number of benzene rings is 1. The lowest BCUT2D eigenvalue weighted by atomic mass is 9.91. The number of nitrogens with zero attached hydrogens (tertiary/aromatic N) is 5. The van der Waals surface area contributed by atoms with Gasteiger partial charge in [-0.15, -0.1) is 0 Å². The first kappa shape index (κ1) is 30.9. The lowest BCUT2D eigenvalue weighted by Gasteiger charge is -2.17. The molecule has 2 N–H and O–H groups in total. The summed E-state index contributed by atoms with van der Waals surface area (Å²) in [6, 6.07) is 12.0. The van der Waals surface area contributed by atoms with Crippen LogP contribution < -0.4 is 10.5 Å². The van der Waals surface area contributed by atoms with Crippen LogP contribution in [0.2, 0.25) is 0 Å². The number of ketones is 1. The zero-order valence-corrected chi connectivity index (χ0v) is 24.5. The Balaban J connectivity index is 1.46. The molecule has 1 saturated heterocycles. The highest BCUT2D eigenvalue weighted by Gasteiger charge is 2.37. The van der Waals surface area contributed by atoms with Crippen LogP contribution in [0.3, 0.4) is 0 Å². The van der Waals surface area contributed by atoms with E-state index in [4.69, 9.17) is 25.1 Å². The lowest BCUT2D eigenvalue weighted by molar-refractivity contribution is -0.155. The molecule has 0 spiro atoms. The summed E-state index contributed by atoms with van der Waals surface area (Å²) in [5.41, 5.74) is 9.16. The molecule has 0 saturated carbocycles. The SMILES string of the molecule is COCCN1C[C@@H](CC(=O)Cc2c(C)c(-c3cnc(OC)c(C(N)=O)c3)nn2-c2ccccc2)[C@H](c2cnc(F)c(F)c2)O1. The Morgan fingerprint density at radius 3 is 2.57 bits per heavy atom. The topological polar surface area (TPSA) is 135 Å². The predicted octanol–water partition coefficient (Wildman–Crippen LogP) is 3.78. The Kier molecular flexibility index (Phi) is 9.37. The quantitative estimate of drug-likeness (QED) is 0.239. The van der Waals surface area contributed by atoms with E-state index < -0.39 is 23.8 Å². The van der Waals surface area contributed by atoms with Crippen molar-refractivity contribution in [1.82, 2.24) is 24.8 Å². The molecule has 4 heterocycles. The summed E-state index contributed by atoms with van der Waals surface area (Å²) in [6.07, 6.45) is 2.18. The number of hydrogen-bond donors (Lipinski definition) is 1. The van der Waals surface area contributed by atoms with Crippen molar-refractivity contribution >= 4 is 11.7 Å². The average molecular weight is 607 g/mol. The largest absolute Gasteiger partial charge is 0.480 e. The van der Waals surface area contributed by atoms with E-state index in [9.17, 15) is 18.4 Å². The number of carbonyl (C=O) groups excluding carboxylic acids is 2. The Bertz CT molecular complexity index is 1670. The molecule has 13 heteroatoms. The zero-order valence-electron chi connectivity index (χ0n) is 24.5. The summed E-state index contributed by atoms with van der Waals surface area (Å²) in [4.78, 5) is 39.6. The van der Waals surface area contributed by atoms with Crippen LogP contribution in [0.15, 0.2) is 54.9 Å². The number of amides is 1. The number of primary amides is 1. The van der Waals surface area contributed by atoms with Crippen LogP contribution in [0.4, 0.5) is 8.78 Å². The Hall–Kier alpha value is -4.59. The van der Waals surface area contributed by atoms with Crippen LogP contribution in [-0.4, -0.2) is 70.4 Å². The van der Waals surface area contributed by atoms with Gasteiger partial charge in [-0.3, -0.25) is 14.4 Å². The summed E-state index contributed by atoms with van der Waals surface area (Å²) < 4.78 is 39.7. The van der Waals surface area contributed by atoms with Gasteiger partial charge in [-0.25, -0.2) is 19.0 Å². The molecule has 2 atom stereocenters. The van der Waals surface area contributed by atoms with Crippen molar-refractivity contribution in [2.75, 3.05) is 33.9 Å². The minimum absolute atomic E-state index is 0.0251. The number of carbonyl (C=O) groups is 2. The summed E-state index contributed by atoms with van der Waals surface area (Å²) in [6.45, 7) is 3.05. The van der Waals surface area contributed by atoms with Gasteiger partial charge in [-0.2, -0.15) is 14.6 Å². The van der Waals surface area contributed by atoms with E-state index in [1.165, 1.54) is 19.5 Å². The zero-order chi connectivity index (χ0) is 31.4. The molecule has 11 nitrogen and oxygen atoms in total. The van der Waals surface area contributed by atoms with Gasteiger partial charge < -0.3 is 15.2 Å². The van der Waals surface area contributed by atoms with E-state index in [1.54, 1.807) is 22.9 Å². The van der Waals surface area contributed by atoms with E-state index in [-0.39, 0.29) is 36.0 Å². The number of nitrogens with two attached hydrogens (primary N) is 1. The highest BCUT2D eigenvalue weighted by atomic mass is 19.2. The molecule has 1 aliphatic heterocycles. The molecule has 4 aromatic rings. The van der Waals surface area contributed by atoms with Gasteiger partial charge in [-0.05, 0) is 36.8 Å². The average Bonchev–Trinajstić information content (AvgIpc) is 3.57. The van der Waals surface area contributed by atoms with Crippen molar-refractivity contribution in [2.45, 2.75) is 25.9 Å². The monoisotopic (exact) mass is 606 g/mol. The van der Waals surface area contributed by atoms with Gasteiger partial charge in [-0.1, -0.05) is 18.2 Å². The van der Waals surface area contributed by atoms with E-state index in [0.29, 0.717) is 42.2 Å². The third-order valence-corrected chi connectivity index (χ3v) is 7.50. The second-order valence-corrected chi connectivity index (χ2v) is 10.4. The molecule has 230 valence electrons. The summed E-state index contributed by atoms with van der Waals surface area (Å²) in [5, 5.41) is 6.48. The molecule has 0 aliphatic carbocycles. The van der Waals surface area contributed by atoms with Crippen LogP contribution >= 0.6 is 0 Å². The number of hydrogen-bond acceptors (Lipinski definition) is 9. The molecule has 1 fully saturated rings. The first-order chi connectivity index (χ1) is 21.2. The summed E-state index contributed by atoms with van der Waals surface area (Å²) in [7, 11) is 2.96. The smallest absolute Gasteiger partial charge is 0.254 e. The molecule has 1 aliphatic rings. The Morgan fingerprint density at radius 2 is 1.89 bits per heavy atom. The molecule has 1 amide bonds. The van der Waals surface area contributed by atoms with Crippen LogP contribution in [0, 0.1) is 24.6 Å². The maximum absolute atomic E-state index is 14.1. The fraction of sp³-hybridized carbons (Fsp3) is 0.323. The van der Waals surface area contributed by atoms with Crippen molar-refractivity contribution in [3.63, 3.8) is 0 Å². The molecule has 44 heavy (non-hydrogen) atoms. The van der Waals surface area contributed by atoms with E-state index in [2.05, 4.69) is 9.97 Å². The van der Waals surface area contributed by atoms with Crippen molar-refractivity contribution in [3.05, 3.63) is 89.0 Å². The summed E-state index contributed by atoms with van der Waals surface area (Å²) in [5.74, 6) is -3.36. The van der Waals surface area contributed by atoms with Crippen LogP contribution in [-0.2, 0) is 20.8 Å².